The maximum Gasteiger partial charge on any atom is 0.419 e. The van der Waals surface area contributed by atoms with Gasteiger partial charge in [-0.15, -0.1) is 0 Å². The molecule has 0 aromatic heterocycles. The quantitative estimate of drug-likeness (QED) is 0.465. The molecule has 1 rings (SSSR count). The summed E-state index contributed by atoms with van der Waals surface area (Å²) in [5, 5.41) is 0. The van der Waals surface area contributed by atoms with E-state index in [1.165, 1.54) is 0 Å². The third-order valence-corrected chi connectivity index (χ3v) is 3.46. The second kappa shape index (κ2) is 5.50. The van der Waals surface area contributed by atoms with Gasteiger partial charge in [-0.1, -0.05) is 10.5 Å². The van der Waals surface area contributed by atoms with Crippen LogP contribution in [0.5, 0.6) is 0 Å². The predicted molar refractivity (Wildman–Crippen MR) is 66.9 cm³/mol. The fourth-order valence-electron chi connectivity index (χ4n) is 1.11. The summed E-state index contributed by atoms with van der Waals surface area (Å²) in [6, 6.07) is 2.50. The monoisotopic (exact) mass is 295 g/mol. The number of rotatable bonds is 2. The summed E-state index contributed by atoms with van der Waals surface area (Å²) < 4.78 is 65.1. The maximum atomic E-state index is 13.0. The number of nitrogens with zero attached hydrogens (tertiary/aromatic N) is 1. The molecule has 0 unspecified atom stereocenters. The average Bonchev–Trinajstić information content (AvgIpc) is 2.24. The summed E-state index contributed by atoms with van der Waals surface area (Å²) in [7, 11) is 0. The largest absolute Gasteiger partial charge is 0.591 e. The number of benzene rings is 1. The van der Waals surface area contributed by atoms with Crippen molar-refractivity contribution in [2.75, 3.05) is 0 Å². The Hall–Kier alpha value is -1.08. The van der Waals surface area contributed by atoms with Gasteiger partial charge >= 0.3 is 6.18 Å². The Bertz CT molecular complexity index is 480. The molecule has 7 heteroatoms. The van der Waals surface area contributed by atoms with Gasteiger partial charge in [0.2, 0.25) is 0 Å². The lowest BCUT2D eigenvalue weighted by atomic mass is 10.1. The standard InChI is InChI=1S/C12H13F4NOS/c1-11(2,3)19(18)17-7-8-4-5-10(13)9(6-8)12(14,15)16/h4-7H,1-3H3/b17-7+/t19-/m1/s1. The second-order valence-electron chi connectivity index (χ2n) is 4.83. The SMILES string of the molecule is CC(C)(C)[S@@+]([O-])/N=C/c1ccc(F)c(C(F)(F)F)c1. The van der Waals surface area contributed by atoms with Crippen molar-refractivity contribution in [1.82, 2.24) is 0 Å². The van der Waals surface area contributed by atoms with Gasteiger partial charge in [0.25, 0.3) is 0 Å². The van der Waals surface area contributed by atoms with Gasteiger partial charge in [-0.3, -0.25) is 0 Å². The highest BCUT2D eigenvalue weighted by molar-refractivity contribution is 7.91. The third kappa shape index (κ3) is 4.50. The van der Waals surface area contributed by atoms with E-state index in [1.807, 2.05) is 0 Å². The number of alkyl halides is 3. The van der Waals surface area contributed by atoms with Crippen LogP contribution in [0.1, 0.15) is 31.9 Å². The van der Waals surface area contributed by atoms with Gasteiger partial charge in [-0.05, 0) is 38.5 Å². The second-order valence-corrected chi connectivity index (χ2v) is 6.77. The Labute approximate surface area is 111 Å². The van der Waals surface area contributed by atoms with Crippen molar-refractivity contribution < 1.29 is 22.1 Å². The summed E-state index contributed by atoms with van der Waals surface area (Å²) in [6.45, 7) is 5.06. The van der Waals surface area contributed by atoms with Crippen molar-refractivity contribution in [3.63, 3.8) is 0 Å². The van der Waals surface area contributed by atoms with Crippen LogP contribution in [0.3, 0.4) is 0 Å². The highest BCUT2D eigenvalue weighted by Crippen LogP contribution is 2.31. The number of hydrogen-bond donors (Lipinski definition) is 0. The van der Waals surface area contributed by atoms with Gasteiger partial charge in [0.15, 0.2) is 0 Å². The molecule has 19 heavy (non-hydrogen) atoms. The van der Waals surface area contributed by atoms with Crippen molar-refractivity contribution in [3.8, 4) is 0 Å². The molecule has 0 saturated carbocycles. The Morgan fingerprint density at radius 1 is 1.21 bits per heavy atom. The Morgan fingerprint density at radius 2 is 1.79 bits per heavy atom. The Morgan fingerprint density at radius 3 is 2.26 bits per heavy atom. The molecule has 0 radical (unpaired) electrons. The van der Waals surface area contributed by atoms with Gasteiger partial charge in [0.05, 0.1) is 11.8 Å². The molecule has 1 aromatic carbocycles. The van der Waals surface area contributed by atoms with E-state index in [0.29, 0.717) is 12.1 Å². The maximum absolute atomic E-state index is 13.0. The molecule has 0 aliphatic carbocycles. The van der Waals surface area contributed by atoms with E-state index in [4.69, 9.17) is 0 Å². The van der Waals surface area contributed by atoms with Crippen LogP contribution in [0.4, 0.5) is 17.6 Å². The molecular weight excluding hydrogens is 282 g/mol. The normalized spacial score (nSPS) is 14.9. The Kier molecular flexibility index (Phi) is 4.63. The molecule has 0 N–H and O–H groups in total. The Balaban J connectivity index is 3.02. The first-order valence-corrected chi connectivity index (χ1v) is 6.45. The van der Waals surface area contributed by atoms with Gasteiger partial charge < -0.3 is 4.55 Å². The van der Waals surface area contributed by atoms with E-state index < -0.39 is 33.7 Å². The zero-order valence-electron chi connectivity index (χ0n) is 10.6. The summed E-state index contributed by atoms with van der Waals surface area (Å²) in [4.78, 5) is 0. The van der Waals surface area contributed by atoms with E-state index in [1.54, 1.807) is 20.8 Å². The van der Waals surface area contributed by atoms with Gasteiger partial charge in [-0.2, -0.15) is 13.2 Å². The molecule has 0 aliphatic heterocycles. The minimum Gasteiger partial charge on any atom is -0.591 e. The zero-order chi connectivity index (χ0) is 14.8. The van der Waals surface area contributed by atoms with Crippen LogP contribution in [0.15, 0.2) is 22.6 Å². The zero-order valence-corrected chi connectivity index (χ0v) is 11.4. The van der Waals surface area contributed by atoms with E-state index in [-0.39, 0.29) is 5.56 Å². The highest BCUT2D eigenvalue weighted by atomic mass is 32.2. The third-order valence-electron chi connectivity index (χ3n) is 2.12. The molecule has 0 bridgehead atoms. The highest BCUT2D eigenvalue weighted by Gasteiger charge is 2.34. The molecule has 0 spiro atoms. The minimum absolute atomic E-state index is 0.0475. The van der Waals surface area contributed by atoms with Gasteiger partial charge in [-0.25, -0.2) is 4.39 Å². The molecule has 0 saturated heterocycles. The van der Waals surface area contributed by atoms with Gasteiger partial charge in [0, 0.05) is 0 Å². The van der Waals surface area contributed by atoms with Crippen molar-refractivity contribution in [2.45, 2.75) is 31.7 Å². The summed E-state index contributed by atoms with van der Waals surface area (Å²) in [5.41, 5.74) is -1.32. The lowest BCUT2D eigenvalue weighted by molar-refractivity contribution is -0.140. The predicted octanol–water partition coefficient (Wildman–Crippen LogP) is 3.73. The number of hydrogen-bond acceptors (Lipinski definition) is 2. The van der Waals surface area contributed by atoms with Crippen LogP contribution in [0.25, 0.3) is 0 Å². The minimum atomic E-state index is -4.77. The van der Waals surface area contributed by atoms with E-state index >= 15 is 0 Å². The van der Waals surface area contributed by atoms with E-state index in [2.05, 4.69) is 4.40 Å². The first kappa shape index (κ1) is 16.0. The van der Waals surface area contributed by atoms with Crippen LogP contribution in [-0.4, -0.2) is 15.5 Å². The van der Waals surface area contributed by atoms with Crippen LogP contribution >= 0.6 is 0 Å². The van der Waals surface area contributed by atoms with Crippen molar-refractivity contribution in [3.05, 3.63) is 35.1 Å². The van der Waals surface area contributed by atoms with Crippen LogP contribution in [0.2, 0.25) is 0 Å². The van der Waals surface area contributed by atoms with Crippen LogP contribution in [-0.2, 0) is 17.5 Å². The summed E-state index contributed by atoms with van der Waals surface area (Å²) >= 11 is -1.58. The molecule has 0 amide bonds. The fourth-order valence-corrected chi connectivity index (χ4v) is 1.64. The molecule has 0 fully saturated rings. The topological polar surface area (TPSA) is 35.4 Å². The van der Waals surface area contributed by atoms with Crippen molar-refractivity contribution in [1.29, 1.82) is 0 Å². The fraction of sp³-hybridized carbons (Fsp3) is 0.417. The summed E-state index contributed by atoms with van der Waals surface area (Å²) in [5.74, 6) is -1.35. The van der Waals surface area contributed by atoms with Gasteiger partial charge in [0.1, 0.15) is 21.9 Å². The summed E-state index contributed by atoms with van der Waals surface area (Å²) in [6.07, 6.45) is -3.72. The molecule has 1 atom stereocenters. The first-order chi connectivity index (χ1) is 8.51. The smallest absolute Gasteiger partial charge is 0.419 e. The molecule has 0 heterocycles. The first-order valence-electron chi connectivity index (χ1n) is 5.34. The van der Waals surface area contributed by atoms with Crippen LogP contribution < -0.4 is 0 Å². The molecular formula is C12H13F4NOS. The molecule has 106 valence electrons. The average molecular weight is 295 g/mol. The lowest BCUT2D eigenvalue weighted by Gasteiger charge is -2.17. The van der Waals surface area contributed by atoms with Crippen LogP contribution in [0, 0.1) is 5.82 Å². The van der Waals surface area contributed by atoms with E-state index in [9.17, 15) is 22.1 Å². The lowest BCUT2D eigenvalue weighted by Crippen LogP contribution is -2.25. The van der Waals surface area contributed by atoms with E-state index in [0.717, 1.165) is 12.3 Å². The van der Waals surface area contributed by atoms with Crippen molar-refractivity contribution in [2.24, 2.45) is 4.40 Å². The molecule has 0 aliphatic rings. The van der Waals surface area contributed by atoms with Crippen molar-refractivity contribution >= 4 is 17.6 Å². The molecule has 1 aromatic rings. The molecule has 2 nitrogen and oxygen atoms in total. The number of halogens is 4.